The van der Waals surface area contributed by atoms with E-state index in [4.69, 9.17) is 50.0 Å². The van der Waals surface area contributed by atoms with Crippen LogP contribution in [0.4, 0.5) is 0 Å². The van der Waals surface area contributed by atoms with Gasteiger partial charge in [-0.25, -0.2) is 0 Å². The third kappa shape index (κ3) is 4.24. The minimum absolute atomic E-state index is 0.00346. The fraction of sp³-hybridized carbons (Fsp3) is 0.217. The van der Waals surface area contributed by atoms with Gasteiger partial charge in [-0.05, 0) is 41.8 Å². The van der Waals surface area contributed by atoms with Gasteiger partial charge in [0.15, 0.2) is 11.5 Å². The molecule has 2 aliphatic rings. The Hall–Kier alpha value is -2.65. The summed E-state index contributed by atoms with van der Waals surface area (Å²) in [5, 5.41) is 10.9. The standard InChI is InChI=1S/C23H17Cl3N2O3/c24-14-6-4-12(5-7-14)11-30-22-16(25)8-13(9-17(22)26)20-15(10-27)23(28)31-19-3-1-2-18(29)21(19)20/h4-9,20H,1-3,11,28H2/t20-/m0/s1. The molecule has 4 rings (SSSR count). The average molecular weight is 476 g/mol. The summed E-state index contributed by atoms with van der Waals surface area (Å²) in [6.45, 7) is 0.247. The lowest BCUT2D eigenvalue weighted by Gasteiger charge is -2.31. The first-order chi connectivity index (χ1) is 14.9. The Kier molecular flexibility index (Phi) is 6.15. The van der Waals surface area contributed by atoms with Gasteiger partial charge >= 0.3 is 0 Å². The topological polar surface area (TPSA) is 85.3 Å². The van der Waals surface area contributed by atoms with Gasteiger partial charge in [-0.3, -0.25) is 4.79 Å². The molecule has 0 saturated heterocycles. The summed E-state index contributed by atoms with van der Waals surface area (Å²) in [4.78, 5) is 12.7. The van der Waals surface area contributed by atoms with Crippen molar-refractivity contribution in [1.29, 1.82) is 5.26 Å². The lowest BCUT2D eigenvalue weighted by molar-refractivity contribution is -0.116. The highest BCUT2D eigenvalue weighted by Gasteiger charge is 2.38. The lowest BCUT2D eigenvalue weighted by atomic mass is 9.77. The van der Waals surface area contributed by atoms with E-state index in [1.165, 1.54) is 0 Å². The molecule has 1 atom stereocenters. The van der Waals surface area contributed by atoms with E-state index in [-0.39, 0.29) is 33.9 Å². The van der Waals surface area contributed by atoms with Crippen molar-refractivity contribution in [2.24, 2.45) is 5.73 Å². The number of rotatable bonds is 4. The van der Waals surface area contributed by atoms with Crippen molar-refractivity contribution in [3.8, 4) is 11.8 Å². The van der Waals surface area contributed by atoms with E-state index in [0.717, 1.165) is 5.56 Å². The maximum Gasteiger partial charge on any atom is 0.205 e. The number of benzene rings is 2. The summed E-state index contributed by atoms with van der Waals surface area (Å²) in [5.74, 6) is 0.0710. The van der Waals surface area contributed by atoms with Gasteiger partial charge in [0.1, 0.15) is 24.0 Å². The third-order valence-electron chi connectivity index (χ3n) is 5.26. The van der Waals surface area contributed by atoms with Gasteiger partial charge in [-0.15, -0.1) is 0 Å². The number of allylic oxidation sites excluding steroid dienone is 3. The molecule has 0 aromatic heterocycles. The van der Waals surface area contributed by atoms with E-state index < -0.39 is 5.92 Å². The molecule has 0 amide bonds. The van der Waals surface area contributed by atoms with Crippen LogP contribution in [0.3, 0.4) is 0 Å². The van der Waals surface area contributed by atoms with Gasteiger partial charge in [-0.2, -0.15) is 5.26 Å². The van der Waals surface area contributed by atoms with Gasteiger partial charge in [0.2, 0.25) is 5.88 Å². The fourth-order valence-electron chi connectivity index (χ4n) is 3.81. The molecule has 0 fully saturated rings. The summed E-state index contributed by atoms with van der Waals surface area (Å²) >= 11 is 18.9. The molecule has 0 radical (unpaired) electrons. The molecule has 31 heavy (non-hydrogen) atoms. The third-order valence-corrected chi connectivity index (χ3v) is 6.07. The van der Waals surface area contributed by atoms with Crippen molar-refractivity contribution < 1.29 is 14.3 Å². The number of nitriles is 1. The van der Waals surface area contributed by atoms with Gasteiger partial charge in [0, 0.05) is 23.4 Å². The van der Waals surface area contributed by atoms with E-state index in [1.807, 2.05) is 12.1 Å². The Bertz CT molecular complexity index is 1140. The molecule has 0 unspecified atom stereocenters. The number of ether oxygens (including phenoxy) is 2. The molecule has 158 valence electrons. The van der Waals surface area contributed by atoms with Crippen LogP contribution in [-0.4, -0.2) is 5.78 Å². The Labute approximate surface area is 194 Å². The van der Waals surface area contributed by atoms with Crippen molar-refractivity contribution in [1.82, 2.24) is 0 Å². The van der Waals surface area contributed by atoms with Crippen LogP contribution in [0.5, 0.6) is 5.75 Å². The summed E-state index contributed by atoms with van der Waals surface area (Å²) in [7, 11) is 0. The van der Waals surface area contributed by atoms with E-state index in [0.29, 0.717) is 46.9 Å². The van der Waals surface area contributed by atoms with Crippen molar-refractivity contribution in [3.05, 3.63) is 85.4 Å². The minimum atomic E-state index is -0.679. The molecule has 2 N–H and O–H groups in total. The second-order valence-electron chi connectivity index (χ2n) is 7.27. The van der Waals surface area contributed by atoms with E-state index in [9.17, 15) is 10.1 Å². The molecular weight excluding hydrogens is 459 g/mol. The first-order valence-corrected chi connectivity index (χ1v) is 10.7. The zero-order valence-corrected chi connectivity index (χ0v) is 18.5. The molecule has 2 aromatic carbocycles. The van der Waals surface area contributed by atoms with Gasteiger partial charge in [0.25, 0.3) is 0 Å². The number of hydrogen-bond donors (Lipinski definition) is 1. The van der Waals surface area contributed by atoms with Crippen LogP contribution in [0, 0.1) is 11.3 Å². The number of nitrogens with zero attached hydrogens (tertiary/aromatic N) is 1. The molecular formula is C23H17Cl3N2O3. The van der Waals surface area contributed by atoms with Crippen molar-refractivity contribution in [3.63, 3.8) is 0 Å². The number of hydrogen-bond acceptors (Lipinski definition) is 5. The van der Waals surface area contributed by atoms with Crippen molar-refractivity contribution in [2.75, 3.05) is 0 Å². The van der Waals surface area contributed by atoms with Crippen LogP contribution < -0.4 is 10.5 Å². The first kappa shape index (κ1) is 21.6. The number of Topliss-reactive ketones (excluding diaryl/α,β-unsaturated/α-hetero) is 1. The molecule has 0 saturated carbocycles. The van der Waals surface area contributed by atoms with E-state index in [2.05, 4.69) is 6.07 Å². The van der Waals surface area contributed by atoms with E-state index in [1.54, 1.807) is 24.3 Å². The average Bonchev–Trinajstić information content (AvgIpc) is 2.73. The molecule has 1 aliphatic heterocycles. The zero-order chi connectivity index (χ0) is 22.1. The first-order valence-electron chi connectivity index (χ1n) is 9.59. The number of carbonyl (C=O) groups is 1. The van der Waals surface area contributed by atoms with Gasteiger partial charge in [0.05, 0.1) is 16.0 Å². The normalized spacial score (nSPS) is 18.4. The highest BCUT2D eigenvalue weighted by Crippen LogP contribution is 2.46. The number of halogens is 3. The second kappa shape index (κ2) is 8.84. The van der Waals surface area contributed by atoms with Gasteiger partial charge in [-0.1, -0.05) is 46.9 Å². The number of ketones is 1. The quantitative estimate of drug-likeness (QED) is 0.582. The molecule has 1 heterocycles. The Morgan fingerprint density at radius 2 is 1.81 bits per heavy atom. The minimum Gasteiger partial charge on any atom is -0.486 e. The van der Waals surface area contributed by atoms with Crippen LogP contribution in [0.2, 0.25) is 15.1 Å². The Morgan fingerprint density at radius 1 is 1.13 bits per heavy atom. The van der Waals surface area contributed by atoms with Crippen LogP contribution in [0.1, 0.15) is 36.3 Å². The Balaban J connectivity index is 1.69. The van der Waals surface area contributed by atoms with Gasteiger partial charge < -0.3 is 15.2 Å². The maximum atomic E-state index is 12.7. The Morgan fingerprint density at radius 3 is 2.45 bits per heavy atom. The van der Waals surface area contributed by atoms with Crippen molar-refractivity contribution >= 4 is 40.6 Å². The summed E-state index contributed by atoms with van der Waals surface area (Å²) in [6, 6.07) is 12.6. The van der Waals surface area contributed by atoms with E-state index >= 15 is 0 Å². The predicted octanol–water partition coefficient (Wildman–Crippen LogP) is 6.04. The predicted molar refractivity (Wildman–Crippen MR) is 119 cm³/mol. The summed E-state index contributed by atoms with van der Waals surface area (Å²) < 4.78 is 11.4. The number of carbonyl (C=O) groups excluding carboxylic acids is 1. The van der Waals surface area contributed by atoms with Crippen LogP contribution in [0.15, 0.2) is 59.2 Å². The molecule has 1 aliphatic carbocycles. The summed E-state index contributed by atoms with van der Waals surface area (Å²) in [6.07, 6.45) is 1.65. The molecule has 8 heteroatoms. The summed E-state index contributed by atoms with van der Waals surface area (Å²) in [5.41, 5.74) is 8.08. The molecule has 0 bridgehead atoms. The highest BCUT2D eigenvalue weighted by atomic mass is 35.5. The molecule has 5 nitrogen and oxygen atoms in total. The van der Waals surface area contributed by atoms with Crippen LogP contribution >= 0.6 is 34.8 Å². The SMILES string of the molecule is N#CC1=C(N)OC2=C(C(=O)CCC2)[C@H]1c1cc(Cl)c(OCc2ccc(Cl)cc2)c(Cl)c1. The highest BCUT2D eigenvalue weighted by molar-refractivity contribution is 6.37. The van der Waals surface area contributed by atoms with Crippen molar-refractivity contribution in [2.45, 2.75) is 31.8 Å². The zero-order valence-electron chi connectivity index (χ0n) is 16.3. The largest absolute Gasteiger partial charge is 0.486 e. The van der Waals surface area contributed by atoms with Crippen LogP contribution in [-0.2, 0) is 16.1 Å². The molecule has 2 aromatic rings. The maximum absolute atomic E-state index is 12.7. The number of nitrogens with two attached hydrogens (primary N) is 1. The monoisotopic (exact) mass is 474 g/mol. The fourth-order valence-corrected chi connectivity index (χ4v) is 4.55. The van der Waals surface area contributed by atoms with Crippen LogP contribution in [0.25, 0.3) is 0 Å². The second-order valence-corrected chi connectivity index (χ2v) is 8.52. The molecule has 0 spiro atoms. The smallest absolute Gasteiger partial charge is 0.205 e. The lowest BCUT2D eigenvalue weighted by Crippen LogP contribution is -2.27.